The number of amides is 1. The van der Waals surface area contributed by atoms with Crippen LogP contribution in [-0.2, 0) is 6.54 Å². The Morgan fingerprint density at radius 1 is 1.00 bits per heavy atom. The Morgan fingerprint density at radius 3 is 2.62 bits per heavy atom. The molecule has 0 bridgehead atoms. The van der Waals surface area contributed by atoms with E-state index in [0.717, 1.165) is 22.2 Å². The van der Waals surface area contributed by atoms with Crippen LogP contribution in [0, 0.1) is 5.82 Å². The van der Waals surface area contributed by atoms with Gasteiger partial charge in [-0.3, -0.25) is 4.79 Å². The summed E-state index contributed by atoms with van der Waals surface area (Å²) >= 11 is 0. The third-order valence-electron chi connectivity index (χ3n) is 3.98. The van der Waals surface area contributed by atoms with Gasteiger partial charge in [-0.05, 0) is 36.4 Å². The molecule has 118 valence electrons. The van der Waals surface area contributed by atoms with Crippen LogP contribution in [-0.4, -0.2) is 15.3 Å². The lowest BCUT2D eigenvalue weighted by atomic mass is 10.2. The number of nitrogens with zero attached hydrogens (tertiary/aromatic N) is 2. The van der Waals surface area contributed by atoms with Crippen LogP contribution in [0.2, 0.25) is 0 Å². The van der Waals surface area contributed by atoms with E-state index in [2.05, 4.69) is 10.3 Å². The van der Waals surface area contributed by atoms with Crippen molar-refractivity contribution >= 4 is 22.5 Å². The fraction of sp³-hybridized carbons (Fsp3) is 0.0526. The van der Waals surface area contributed by atoms with Crippen LogP contribution in [0.3, 0.4) is 0 Å². The molecule has 0 atom stereocenters. The number of hydrogen-bond acceptors (Lipinski definition) is 2. The van der Waals surface area contributed by atoms with Gasteiger partial charge < -0.3 is 9.72 Å². The van der Waals surface area contributed by atoms with Crippen molar-refractivity contribution in [1.29, 1.82) is 0 Å². The van der Waals surface area contributed by atoms with E-state index in [9.17, 15) is 9.18 Å². The molecule has 4 nitrogen and oxygen atoms in total. The van der Waals surface area contributed by atoms with Crippen molar-refractivity contribution in [3.8, 4) is 0 Å². The van der Waals surface area contributed by atoms with Crippen molar-refractivity contribution in [2.75, 3.05) is 0 Å². The summed E-state index contributed by atoms with van der Waals surface area (Å²) in [4.78, 5) is 16.8. The van der Waals surface area contributed by atoms with Crippen LogP contribution in [0.1, 0.15) is 16.1 Å². The van der Waals surface area contributed by atoms with Gasteiger partial charge in [0, 0.05) is 6.20 Å². The van der Waals surface area contributed by atoms with Gasteiger partial charge in [-0.2, -0.15) is 0 Å². The number of halogens is 1. The van der Waals surface area contributed by atoms with Gasteiger partial charge in [-0.25, -0.2) is 9.37 Å². The van der Waals surface area contributed by atoms with E-state index in [1.807, 2.05) is 47.0 Å². The monoisotopic (exact) mass is 319 g/mol. The number of hydrogen-bond donors (Lipinski definition) is 1. The van der Waals surface area contributed by atoms with Crippen LogP contribution in [0.4, 0.5) is 4.39 Å². The number of aromatic nitrogens is 2. The third-order valence-corrected chi connectivity index (χ3v) is 3.98. The van der Waals surface area contributed by atoms with Gasteiger partial charge in [0.25, 0.3) is 5.91 Å². The highest BCUT2D eigenvalue weighted by molar-refractivity contribution is 5.94. The fourth-order valence-corrected chi connectivity index (χ4v) is 2.83. The normalized spacial score (nSPS) is 11.0. The number of fused-ring (bicyclic) bond motifs is 3. The minimum Gasteiger partial charge on any atom is -0.346 e. The van der Waals surface area contributed by atoms with Crippen molar-refractivity contribution < 1.29 is 9.18 Å². The molecule has 0 aliphatic heterocycles. The van der Waals surface area contributed by atoms with Gasteiger partial charge in [-0.15, -0.1) is 0 Å². The number of para-hydroxylation sites is 2. The molecular weight excluding hydrogens is 305 g/mol. The molecule has 0 fully saturated rings. The van der Waals surface area contributed by atoms with Crippen molar-refractivity contribution in [2.45, 2.75) is 6.54 Å². The molecule has 0 aliphatic carbocycles. The first-order valence-corrected chi connectivity index (χ1v) is 7.61. The number of nitrogens with one attached hydrogen (secondary N) is 1. The van der Waals surface area contributed by atoms with Crippen molar-refractivity contribution in [3.05, 3.63) is 83.9 Å². The van der Waals surface area contributed by atoms with E-state index in [1.165, 1.54) is 12.1 Å². The fourth-order valence-electron chi connectivity index (χ4n) is 2.83. The minimum atomic E-state index is -0.533. The smallest absolute Gasteiger partial charge is 0.254 e. The molecule has 24 heavy (non-hydrogen) atoms. The van der Waals surface area contributed by atoms with Gasteiger partial charge in [-0.1, -0.05) is 24.3 Å². The maximum Gasteiger partial charge on any atom is 0.254 e. The molecule has 0 saturated carbocycles. The van der Waals surface area contributed by atoms with Gasteiger partial charge in [0.15, 0.2) is 0 Å². The number of carbonyl (C=O) groups is 1. The lowest BCUT2D eigenvalue weighted by Gasteiger charge is -2.10. The molecule has 0 saturated heterocycles. The van der Waals surface area contributed by atoms with Gasteiger partial charge in [0.05, 0.1) is 34.4 Å². The molecule has 1 amide bonds. The zero-order valence-corrected chi connectivity index (χ0v) is 12.7. The van der Waals surface area contributed by atoms with E-state index in [-0.39, 0.29) is 12.1 Å². The lowest BCUT2D eigenvalue weighted by Crippen LogP contribution is -2.24. The molecule has 2 aromatic carbocycles. The van der Waals surface area contributed by atoms with Gasteiger partial charge >= 0.3 is 0 Å². The molecular formula is C19H14FN3O. The van der Waals surface area contributed by atoms with Crippen molar-refractivity contribution in [3.63, 3.8) is 0 Å². The average molecular weight is 319 g/mol. The molecule has 5 heteroatoms. The molecule has 2 heterocycles. The second kappa shape index (κ2) is 5.77. The van der Waals surface area contributed by atoms with E-state index >= 15 is 0 Å². The van der Waals surface area contributed by atoms with Crippen LogP contribution >= 0.6 is 0 Å². The zero-order valence-electron chi connectivity index (χ0n) is 12.7. The first kappa shape index (κ1) is 14.4. The summed E-state index contributed by atoms with van der Waals surface area (Å²) in [7, 11) is 0. The Labute approximate surface area is 137 Å². The Kier molecular flexibility index (Phi) is 3.46. The second-order valence-corrected chi connectivity index (χ2v) is 5.47. The predicted octanol–water partition coefficient (Wildman–Crippen LogP) is 3.56. The van der Waals surface area contributed by atoms with Crippen LogP contribution in [0.15, 0.2) is 66.9 Å². The van der Waals surface area contributed by atoms with Crippen molar-refractivity contribution in [1.82, 2.24) is 14.7 Å². The lowest BCUT2D eigenvalue weighted by molar-refractivity contribution is 0.0946. The standard InChI is InChI=1S/C19H14FN3O/c20-14-7-2-1-6-13(14)19(24)21-12-16-18-10-5-11-23(18)17-9-4-3-8-15(17)22-16/h1-11H,12H2,(H,21,24). The van der Waals surface area contributed by atoms with Gasteiger partial charge in [0.2, 0.25) is 0 Å². The Balaban J connectivity index is 1.68. The summed E-state index contributed by atoms with van der Waals surface area (Å²) in [6, 6.07) is 17.6. The maximum atomic E-state index is 13.7. The molecule has 2 aromatic heterocycles. The highest BCUT2D eigenvalue weighted by Crippen LogP contribution is 2.19. The molecule has 0 unspecified atom stereocenters. The Morgan fingerprint density at radius 2 is 1.75 bits per heavy atom. The molecule has 4 aromatic rings. The van der Waals surface area contributed by atoms with Crippen molar-refractivity contribution in [2.24, 2.45) is 0 Å². The molecule has 1 N–H and O–H groups in total. The summed E-state index contributed by atoms with van der Waals surface area (Å²) < 4.78 is 15.7. The number of benzene rings is 2. The average Bonchev–Trinajstić information content (AvgIpc) is 3.10. The maximum absolute atomic E-state index is 13.7. The Hall–Kier alpha value is -3.21. The van der Waals surface area contributed by atoms with Crippen LogP contribution in [0.5, 0.6) is 0 Å². The van der Waals surface area contributed by atoms with Gasteiger partial charge in [0.1, 0.15) is 5.82 Å². The zero-order chi connectivity index (χ0) is 16.5. The topological polar surface area (TPSA) is 46.4 Å². The summed E-state index contributed by atoms with van der Waals surface area (Å²) in [5.74, 6) is -0.984. The van der Waals surface area contributed by atoms with E-state index in [4.69, 9.17) is 0 Å². The third kappa shape index (κ3) is 2.40. The first-order chi connectivity index (χ1) is 11.7. The minimum absolute atomic E-state index is 0.0321. The summed E-state index contributed by atoms with van der Waals surface area (Å²) in [6.07, 6.45) is 1.96. The van der Waals surface area contributed by atoms with Crippen LogP contribution in [0.25, 0.3) is 16.6 Å². The van der Waals surface area contributed by atoms with E-state index < -0.39 is 11.7 Å². The van der Waals surface area contributed by atoms with E-state index in [0.29, 0.717) is 0 Å². The largest absolute Gasteiger partial charge is 0.346 e. The Bertz CT molecular complexity index is 1050. The molecule has 4 rings (SSSR count). The highest BCUT2D eigenvalue weighted by Gasteiger charge is 2.12. The van der Waals surface area contributed by atoms with Crippen LogP contribution < -0.4 is 5.32 Å². The van der Waals surface area contributed by atoms with E-state index in [1.54, 1.807) is 12.1 Å². The summed E-state index contributed by atoms with van der Waals surface area (Å²) in [6.45, 7) is 0.228. The second-order valence-electron chi connectivity index (χ2n) is 5.47. The number of carbonyl (C=O) groups excluding carboxylic acids is 1. The highest BCUT2D eigenvalue weighted by atomic mass is 19.1. The molecule has 0 spiro atoms. The summed E-state index contributed by atoms with van der Waals surface area (Å²) in [5.41, 5.74) is 3.54. The predicted molar refractivity (Wildman–Crippen MR) is 90.3 cm³/mol. The summed E-state index contributed by atoms with van der Waals surface area (Å²) in [5, 5.41) is 2.75. The first-order valence-electron chi connectivity index (χ1n) is 7.61. The SMILES string of the molecule is O=C(NCc1nc2ccccc2n2cccc12)c1ccccc1F. The molecule has 0 radical (unpaired) electrons. The quantitative estimate of drug-likeness (QED) is 0.627. The molecule has 0 aliphatic rings. The number of rotatable bonds is 3.